The van der Waals surface area contributed by atoms with E-state index in [2.05, 4.69) is 28.0 Å². The normalized spacial score (nSPS) is 25.2. The average Bonchev–Trinajstić information content (AvgIpc) is 2.77. The molecule has 3 nitrogen and oxygen atoms in total. The number of rotatable bonds is 2. The first-order chi connectivity index (χ1) is 9.65. The van der Waals surface area contributed by atoms with Gasteiger partial charge in [0.1, 0.15) is 0 Å². The highest BCUT2D eigenvalue weighted by molar-refractivity contribution is 7.80. The van der Waals surface area contributed by atoms with Gasteiger partial charge in [-0.3, -0.25) is 5.43 Å². The van der Waals surface area contributed by atoms with Crippen molar-refractivity contribution >= 4 is 40.3 Å². The molecule has 0 aliphatic heterocycles. The van der Waals surface area contributed by atoms with Gasteiger partial charge in [-0.05, 0) is 55.6 Å². The summed E-state index contributed by atoms with van der Waals surface area (Å²) in [6, 6.07) is 5.70. The predicted octanol–water partition coefficient (Wildman–Crippen LogP) is 3.89. The number of nitrogens with one attached hydrogen (secondary N) is 2. The van der Waals surface area contributed by atoms with E-state index in [4.69, 9.17) is 23.8 Å². The molecule has 3 rings (SSSR count). The highest BCUT2D eigenvalue weighted by Crippen LogP contribution is 2.40. The summed E-state index contributed by atoms with van der Waals surface area (Å²) in [7, 11) is 0. The van der Waals surface area contributed by atoms with Gasteiger partial charge in [-0.2, -0.15) is 5.10 Å². The SMILES string of the molecule is Cc1c(Cl)cccc1NC(=S)N/N=C1\CC2C=CCC12. The van der Waals surface area contributed by atoms with Gasteiger partial charge in [0.15, 0.2) is 5.11 Å². The molecular formula is C15H16ClN3S. The first kappa shape index (κ1) is 13.6. The standard InChI is InChI=1S/C15H16ClN3S/c1-9-12(16)6-3-7-13(9)17-15(20)19-18-14-8-10-4-2-5-11(10)14/h2-4,6-7,10-11H,5,8H2,1H3,(H2,17,19,20)/b18-14+. The van der Waals surface area contributed by atoms with Gasteiger partial charge in [-0.15, -0.1) is 0 Å². The second-order valence-corrected chi connectivity index (χ2v) is 6.04. The zero-order chi connectivity index (χ0) is 14.1. The molecule has 0 heterocycles. The molecule has 0 saturated heterocycles. The Balaban J connectivity index is 1.58. The van der Waals surface area contributed by atoms with E-state index in [1.807, 2.05) is 25.1 Å². The van der Waals surface area contributed by atoms with Gasteiger partial charge in [-0.1, -0.05) is 29.8 Å². The van der Waals surface area contributed by atoms with Crippen LogP contribution in [0.25, 0.3) is 0 Å². The van der Waals surface area contributed by atoms with Crippen LogP contribution >= 0.6 is 23.8 Å². The van der Waals surface area contributed by atoms with Crippen LogP contribution in [0.1, 0.15) is 18.4 Å². The van der Waals surface area contributed by atoms with E-state index in [1.165, 1.54) is 5.71 Å². The zero-order valence-corrected chi connectivity index (χ0v) is 12.8. The zero-order valence-electron chi connectivity index (χ0n) is 11.2. The van der Waals surface area contributed by atoms with Crippen LogP contribution in [0.2, 0.25) is 5.02 Å². The number of hydrogen-bond donors (Lipinski definition) is 2. The number of halogens is 1. The molecule has 0 aromatic heterocycles. The second-order valence-electron chi connectivity index (χ2n) is 5.22. The van der Waals surface area contributed by atoms with Crippen LogP contribution in [0.15, 0.2) is 35.5 Å². The van der Waals surface area contributed by atoms with E-state index in [9.17, 15) is 0 Å². The molecule has 0 radical (unpaired) electrons. The van der Waals surface area contributed by atoms with E-state index in [1.54, 1.807) is 0 Å². The minimum absolute atomic E-state index is 0.497. The molecule has 0 amide bonds. The first-order valence-corrected chi connectivity index (χ1v) is 7.49. The van der Waals surface area contributed by atoms with Gasteiger partial charge in [0, 0.05) is 22.3 Å². The Morgan fingerprint density at radius 1 is 1.45 bits per heavy atom. The summed E-state index contributed by atoms with van der Waals surface area (Å²) in [5.74, 6) is 1.30. The molecule has 1 fully saturated rings. The summed E-state index contributed by atoms with van der Waals surface area (Å²) in [6.45, 7) is 1.96. The van der Waals surface area contributed by atoms with Crippen LogP contribution in [-0.4, -0.2) is 10.8 Å². The quantitative estimate of drug-likeness (QED) is 0.494. The van der Waals surface area contributed by atoms with Crippen LogP contribution in [-0.2, 0) is 0 Å². The van der Waals surface area contributed by atoms with Crippen molar-refractivity contribution in [2.24, 2.45) is 16.9 Å². The fourth-order valence-electron chi connectivity index (χ4n) is 2.68. The van der Waals surface area contributed by atoms with E-state index in [-0.39, 0.29) is 0 Å². The molecule has 1 aromatic rings. The largest absolute Gasteiger partial charge is 0.331 e. The Morgan fingerprint density at radius 3 is 3.10 bits per heavy atom. The predicted molar refractivity (Wildman–Crippen MR) is 88.3 cm³/mol. The molecular weight excluding hydrogens is 290 g/mol. The Kier molecular flexibility index (Phi) is 3.76. The molecule has 2 N–H and O–H groups in total. The number of hydrazone groups is 1. The molecule has 1 saturated carbocycles. The van der Waals surface area contributed by atoms with Crippen molar-refractivity contribution in [1.82, 2.24) is 5.43 Å². The number of thiocarbonyl (C=S) groups is 1. The molecule has 2 unspecified atom stereocenters. The molecule has 2 aliphatic rings. The maximum atomic E-state index is 6.08. The lowest BCUT2D eigenvalue weighted by molar-refractivity contribution is 0.463. The number of allylic oxidation sites excluding steroid dienone is 2. The molecule has 20 heavy (non-hydrogen) atoms. The smallest absolute Gasteiger partial charge is 0.191 e. The van der Waals surface area contributed by atoms with Gasteiger partial charge < -0.3 is 5.32 Å². The monoisotopic (exact) mass is 305 g/mol. The van der Waals surface area contributed by atoms with E-state index >= 15 is 0 Å². The summed E-state index contributed by atoms with van der Waals surface area (Å²) in [4.78, 5) is 0. The Bertz CT molecular complexity index is 609. The van der Waals surface area contributed by atoms with Gasteiger partial charge >= 0.3 is 0 Å². The second kappa shape index (κ2) is 5.54. The van der Waals surface area contributed by atoms with E-state index < -0.39 is 0 Å². The number of fused-ring (bicyclic) bond motifs is 1. The lowest BCUT2D eigenvalue weighted by atomic mass is 9.74. The van der Waals surface area contributed by atoms with Gasteiger partial charge in [-0.25, -0.2) is 0 Å². The number of hydrogen-bond acceptors (Lipinski definition) is 2. The summed E-state index contributed by atoms with van der Waals surface area (Å²) in [5, 5.41) is 8.76. The molecule has 0 spiro atoms. The maximum Gasteiger partial charge on any atom is 0.191 e. The molecule has 1 aromatic carbocycles. The Hall–Kier alpha value is -1.39. The molecule has 2 aliphatic carbocycles. The fourth-order valence-corrected chi connectivity index (χ4v) is 3.01. The van der Waals surface area contributed by atoms with Crippen LogP contribution in [0.3, 0.4) is 0 Å². The van der Waals surface area contributed by atoms with Gasteiger partial charge in [0.2, 0.25) is 0 Å². The van der Waals surface area contributed by atoms with Gasteiger partial charge in [0.05, 0.1) is 0 Å². The van der Waals surface area contributed by atoms with Crippen LogP contribution in [0, 0.1) is 18.8 Å². The van der Waals surface area contributed by atoms with Crippen LogP contribution < -0.4 is 10.7 Å². The van der Waals surface area contributed by atoms with E-state index in [0.717, 1.165) is 29.1 Å². The van der Waals surface area contributed by atoms with Crippen molar-refractivity contribution in [3.05, 3.63) is 40.9 Å². The Labute approximate surface area is 129 Å². The van der Waals surface area contributed by atoms with Crippen LogP contribution in [0.4, 0.5) is 5.69 Å². The minimum Gasteiger partial charge on any atom is -0.331 e. The lowest BCUT2D eigenvalue weighted by Crippen LogP contribution is -2.36. The number of anilines is 1. The molecule has 0 bridgehead atoms. The maximum absolute atomic E-state index is 6.08. The molecule has 104 valence electrons. The topological polar surface area (TPSA) is 36.4 Å². The number of benzene rings is 1. The van der Waals surface area contributed by atoms with Crippen molar-refractivity contribution in [2.75, 3.05) is 5.32 Å². The summed E-state index contributed by atoms with van der Waals surface area (Å²) in [5.41, 5.74) is 6.03. The third kappa shape index (κ3) is 2.58. The molecule has 2 atom stereocenters. The van der Waals surface area contributed by atoms with Gasteiger partial charge in [0.25, 0.3) is 0 Å². The highest BCUT2D eigenvalue weighted by atomic mass is 35.5. The summed E-state index contributed by atoms with van der Waals surface area (Å²) in [6.07, 6.45) is 6.69. The minimum atomic E-state index is 0.497. The third-order valence-electron chi connectivity index (χ3n) is 3.98. The average molecular weight is 306 g/mol. The van der Waals surface area contributed by atoms with Crippen LogP contribution in [0.5, 0.6) is 0 Å². The van der Waals surface area contributed by atoms with Crippen molar-refractivity contribution in [2.45, 2.75) is 19.8 Å². The van der Waals surface area contributed by atoms with Crippen molar-refractivity contribution in [1.29, 1.82) is 0 Å². The summed E-state index contributed by atoms with van der Waals surface area (Å²) >= 11 is 11.3. The third-order valence-corrected chi connectivity index (χ3v) is 4.58. The molecule has 5 heteroatoms. The lowest BCUT2D eigenvalue weighted by Gasteiger charge is -2.31. The van der Waals surface area contributed by atoms with Crippen molar-refractivity contribution in [3.63, 3.8) is 0 Å². The van der Waals surface area contributed by atoms with Crippen molar-refractivity contribution < 1.29 is 0 Å². The first-order valence-electron chi connectivity index (χ1n) is 6.70. The highest BCUT2D eigenvalue weighted by Gasteiger charge is 2.37. The summed E-state index contributed by atoms with van der Waals surface area (Å²) < 4.78 is 0. The Morgan fingerprint density at radius 2 is 2.30 bits per heavy atom. The number of nitrogens with zero attached hydrogens (tertiary/aromatic N) is 1. The van der Waals surface area contributed by atoms with E-state index in [0.29, 0.717) is 16.9 Å². The van der Waals surface area contributed by atoms with Crippen molar-refractivity contribution in [3.8, 4) is 0 Å². The fraction of sp³-hybridized carbons (Fsp3) is 0.333.